The van der Waals surface area contributed by atoms with Gasteiger partial charge in [-0.15, -0.1) is 0 Å². The lowest BCUT2D eigenvalue weighted by Crippen LogP contribution is -2.35. The second-order valence-electron chi connectivity index (χ2n) is 5.48. The highest BCUT2D eigenvalue weighted by Crippen LogP contribution is 2.18. The van der Waals surface area contributed by atoms with Crippen LogP contribution in [0.3, 0.4) is 0 Å². The minimum Gasteiger partial charge on any atom is -0.360 e. The molecule has 1 aliphatic carbocycles. The summed E-state index contributed by atoms with van der Waals surface area (Å²) in [7, 11) is 0. The van der Waals surface area contributed by atoms with Gasteiger partial charge in [-0.3, -0.25) is 4.68 Å². The van der Waals surface area contributed by atoms with E-state index in [1.54, 1.807) is 6.20 Å². The van der Waals surface area contributed by atoms with Crippen molar-refractivity contribution in [1.82, 2.24) is 15.1 Å². The van der Waals surface area contributed by atoms with Crippen LogP contribution in [0.15, 0.2) is 42.7 Å². The molecule has 110 valence electrons. The molecule has 3 rings (SSSR count). The Balaban J connectivity index is 1.52. The summed E-state index contributed by atoms with van der Waals surface area (Å²) < 4.78 is 1.91. The van der Waals surface area contributed by atoms with Crippen LogP contribution in [-0.4, -0.2) is 20.9 Å². The predicted molar refractivity (Wildman–Crippen MR) is 89.4 cm³/mol. The molecule has 5 heteroatoms. The summed E-state index contributed by atoms with van der Waals surface area (Å²) in [4.78, 5) is 0. The molecule has 0 spiro atoms. The van der Waals surface area contributed by atoms with Crippen molar-refractivity contribution in [3.63, 3.8) is 0 Å². The Bertz CT molecular complexity index is 571. The maximum atomic E-state index is 5.36. The van der Waals surface area contributed by atoms with Gasteiger partial charge in [0.15, 0.2) is 5.11 Å². The highest BCUT2D eigenvalue weighted by molar-refractivity contribution is 7.80. The minimum absolute atomic E-state index is 0.545. The van der Waals surface area contributed by atoms with Crippen molar-refractivity contribution >= 4 is 23.0 Å². The fraction of sp³-hybridized carbons (Fsp3) is 0.375. The number of nitrogens with zero attached hydrogens (tertiary/aromatic N) is 2. The van der Waals surface area contributed by atoms with Crippen molar-refractivity contribution in [2.45, 2.75) is 38.3 Å². The number of hydrogen-bond acceptors (Lipinski definition) is 2. The number of nitrogens with one attached hydrogen (secondary N) is 2. The molecule has 0 amide bonds. The molecule has 2 N–H and O–H groups in total. The van der Waals surface area contributed by atoms with Crippen LogP contribution in [0, 0.1) is 0 Å². The molecular weight excluding hydrogens is 280 g/mol. The fourth-order valence-electron chi connectivity index (χ4n) is 2.70. The number of hydrogen-bond donors (Lipinski definition) is 2. The van der Waals surface area contributed by atoms with Gasteiger partial charge in [0, 0.05) is 24.1 Å². The van der Waals surface area contributed by atoms with Gasteiger partial charge in [-0.1, -0.05) is 25.0 Å². The zero-order chi connectivity index (χ0) is 14.5. The molecule has 0 atom stereocenters. The van der Waals surface area contributed by atoms with E-state index in [0.29, 0.717) is 6.04 Å². The van der Waals surface area contributed by atoms with E-state index >= 15 is 0 Å². The Morgan fingerprint density at radius 2 is 2.00 bits per heavy atom. The molecule has 2 aromatic rings. The van der Waals surface area contributed by atoms with Gasteiger partial charge in [-0.05, 0) is 48.8 Å². The Kier molecular flexibility index (Phi) is 4.50. The second kappa shape index (κ2) is 6.72. The van der Waals surface area contributed by atoms with Crippen LogP contribution in [-0.2, 0) is 6.54 Å². The Labute approximate surface area is 130 Å². The molecule has 0 aliphatic heterocycles. The third-order valence-corrected chi connectivity index (χ3v) is 4.03. The molecule has 1 fully saturated rings. The number of aromatic nitrogens is 2. The summed E-state index contributed by atoms with van der Waals surface area (Å²) in [6.45, 7) is 0.790. The molecule has 1 aliphatic rings. The third-order valence-electron chi connectivity index (χ3n) is 3.81. The van der Waals surface area contributed by atoms with Gasteiger partial charge in [-0.25, -0.2) is 0 Å². The van der Waals surface area contributed by atoms with Crippen molar-refractivity contribution in [2.75, 3.05) is 5.32 Å². The minimum atomic E-state index is 0.545. The average molecular weight is 300 g/mol. The highest BCUT2D eigenvalue weighted by Gasteiger charge is 2.15. The van der Waals surface area contributed by atoms with Crippen LogP contribution >= 0.6 is 12.2 Å². The quantitative estimate of drug-likeness (QED) is 0.851. The lowest BCUT2D eigenvalue weighted by Gasteiger charge is -2.15. The van der Waals surface area contributed by atoms with Crippen LogP contribution in [0.4, 0.5) is 5.69 Å². The van der Waals surface area contributed by atoms with E-state index in [4.69, 9.17) is 12.2 Å². The van der Waals surface area contributed by atoms with Crippen LogP contribution in [0.2, 0.25) is 0 Å². The summed E-state index contributed by atoms with van der Waals surface area (Å²) in [6.07, 6.45) is 8.83. The first-order valence-electron chi connectivity index (χ1n) is 7.43. The molecule has 1 saturated carbocycles. The van der Waals surface area contributed by atoms with E-state index in [0.717, 1.165) is 17.3 Å². The summed E-state index contributed by atoms with van der Waals surface area (Å²) in [5, 5.41) is 11.6. The first-order valence-corrected chi connectivity index (χ1v) is 7.84. The molecule has 0 radical (unpaired) electrons. The lowest BCUT2D eigenvalue weighted by atomic mass is 10.2. The van der Waals surface area contributed by atoms with Crippen molar-refractivity contribution in [3.8, 4) is 0 Å². The van der Waals surface area contributed by atoms with Gasteiger partial charge >= 0.3 is 0 Å². The Hall–Kier alpha value is -1.88. The van der Waals surface area contributed by atoms with Gasteiger partial charge in [0.1, 0.15) is 0 Å². The average Bonchev–Trinajstić information content (AvgIpc) is 3.14. The SMILES string of the molecule is S=C(Nc1ccc(Cn2cccn2)cc1)NC1CCCC1. The maximum Gasteiger partial charge on any atom is 0.170 e. The van der Waals surface area contributed by atoms with Gasteiger partial charge in [-0.2, -0.15) is 5.10 Å². The Morgan fingerprint density at radius 1 is 1.24 bits per heavy atom. The molecular formula is C16H20N4S. The van der Waals surface area contributed by atoms with Crippen LogP contribution < -0.4 is 10.6 Å². The van der Waals surface area contributed by atoms with Gasteiger partial charge in [0.2, 0.25) is 0 Å². The fourth-order valence-corrected chi connectivity index (χ4v) is 2.98. The largest absolute Gasteiger partial charge is 0.360 e. The van der Waals surface area contributed by atoms with E-state index in [9.17, 15) is 0 Å². The molecule has 1 heterocycles. The first-order chi connectivity index (χ1) is 10.3. The maximum absolute atomic E-state index is 5.36. The topological polar surface area (TPSA) is 41.9 Å². The summed E-state index contributed by atoms with van der Waals surface area (Å²) >= 11 is 5.36. The third kappa shape index (κ3) is 4.04. The first kappa shape index (κ1) is 14.1. The lowest BCUT2D eigenvalue weighted by molar-refractivity contribution is 0.634. The number of rotatable bonds is 4. The number of anilines is 1. The summed E-state index contributed by atoms with van der Waals surface area (Å²) in [5.74, 6) is 0. The molecule has 1 aromatic heterocycles. The molecule has 21 heavy (non-hydrogen) atoms. The smallest absolute Gasteiger partial charge is 0.170 e. The molecule has 0 saturated heterocycles. The van der Waals surface area contributed by atoms with E-state index < -0.39 is 0 Å². The van der Waals surface area contributed by atoms with Gasteiger partial charge in [0.25, 0.3) is 0 Å². The zero-order valence-electron chi connectivity index (χ0n) is 12.0. The van der Waals surface area contributed by atoms with E-state index in [-0.39, 0.29) is 0 Å². The van der Waals surface area contributed by atoms with Crippen LogP contribution in [0.5, 0.6) is 0 Å². The Morgan fingerprint density at radius 3 is 2.67 bits per heavy atom. The van der Waals surface area contributed by atoms with E-state index in [1.807, 2.05) is 16.9 Å². The van der Waals surface area contributed by atoms with Crippen molar-refractivity contribution in [3.05, 3.63) is 48.3 Å². The van der Waals surface area contributed by atoms with Gasteiger partial charge < -0.3 is 10.6 Å². The van der Waals surface area contributed by atoms with Crippen molar-refractivity contribution in [2.24, 2.45) is 0 Å². The van der Waals surface area contributed by atoms with Crippen LogP contribution in [0.1, 0.15) is 31.2 Å². The van der Waals surface area contributed by atoms with Crippen molar-refractivity contribution in [1.29, 1.82) is 0 Å². The van der Waals surface area contributed by atoms with E-state index in [2.05, 4.69) is 40.0 Å². The molecule has 4 nitrogen and oxygen atoms in total. The second-order valence-corrected chi connectivity index (χ2v) is 5.89. The number of benzene rings is 1. The highest BCUT2D eigenvalue weighted by atomic mass is 32.1. The normalized spacial score (nSPS) is 15.0. The van der Waals surface area contributed by atoms with E-state index in [1.165, 1.54) is 31.2 Å². The molecule has 0 unspecified atom stereocenters. The van der Waals surface area contributed by atoms with Crippen LogP contribution in [0.25, 0.3) is 0 Å². The van der Waals surface area contributed by atoms with Gasteiger partial charge in [0.05, 0.1) is 6.54 Å². The van der Waals surface area contributed by atoms with Crippen molar-refractivity contribution < 1.29 is 0 Å². The number of thiocarbonyl (C=S) groups is 1. The molecule has 1 aromatic carbocycles. The predicted octanol–water partition coefficient (Wildman–Crippen LogP) is 3.16. The monoisotopic (exact) mass is 300 g/mol. The standard InChI is InChI=1S/C16H20N4S/c21-16(18-14-4-1-2-5-14)19-15-8-6-13(7-9-15)12-20-11-3-10-17-20/h3,6-11,14H,1-2,4-5,12H2,(H2,18,19,21). The molecule has 0 bridgehead atoms. The summed E-state index contributed by atoms with van der Waals surface area (Å²) in [6, 6.07) is 10.8. The zero-order valence-corrected chi connectivity index (χ0v) is 12.8. The summed E-state index contributed by atoms with van der Waals surface area (Å²) in [5.41, 5.74) is 2.24.